The van der Waals surface area contributed by atoms with Crippen LogP contribution in [0.15, 0.2) is 40.9 Å². The lowest BCUT2D eigenvalue weighted by Crippen LogP contribution is -1.99. The van der Waals surface area contributed by atoms with Crippen LogP contribution in [-0.2, 0) is 13.2 Å². The molecule has 0 radical (unpaired) electrons. The Labute approximate surface area is 130 Å². The van der Waals surface area contributed by atoms with Gasteiger partial charge in [-0.2, -0.15) is 0 Å². The Morgan fingerprint density at radius 1 is 1.05 bits per heavy atom. The minimum absolute atomic E-state index is 0.0853. The van der Waals surface area contributed by atoms with Gasteiger partial charge in [0.15, 0.2) is 0 Å². The number of halogens is 3. The topological polar surface area (TPSA) is 29.5 Å². The highest BCUT2D eigenvalue weighted by Crippen LogP contribution is 2.26. The van der Waals surface area contributed by atoms with E-state index in [9.17, 15) is 5.11 Å². The highest BCUT2D eigenvalue weighted by molar-refractivity contribution is 9.10. The van der Waals surface area contributed by atoms with Crippen molar-refractivity contribution >= 4 is 39.1 Å². The molecule has 0 heterocycles. The molecule has 2 nitrogen and oxygen atoms in total. The van der Waals surface area contributed by atoms with E-state index in [4.69, 9.17) is 27.9 Å². The maximum Gasteiger partial charge on any atom is 0.125 e. The minimum atomic E-state index is -0.0853. The molecule has 0 bridgehead atoms. The fourth-order valence-electron chi connectivity index (χ4n) is 1.62. The second-order valence-electron chi connectivity index (χ2n) is 3.93. The monoisotopic (exact) mass is 360 g/mol. The van der Waals surface area contributed by atoms with Gasteiger partial charge >= 0.3 is 0 Å². The van der Waals surface area contributed by atoms with Gasteiger partial charge in [-0.25, -0.2) is 0 Å². The molecule has 0 fully saturated rings. The van der Waals surface area contributed by atoms with E-state index in [2.05, 4.69) is 15.9 Å². The van der Waals surface area contributed by atoms with Crippen molar-refractivity contribution in [1.82, 2.24) is 0 Å². The molecule has 0 unspecified atom stereocenters. The molecule has 100 valence electrons. The molecule has 0 aromatic heterocycles. The third-order valence-corrected chi connectivity index (χ3v) is 3.68. The Morgan fingerprint density at radius 3 is 2.58 bits per heavy atom. The van der Waals surface area contributed by atoms with Crippen molar-refractivity contribution in [2.75, 3.05) is 0 Å². The molecule has 0 aliphatic rings. The van der Waals surface area contributed by atoms with E-state index >= 15 is 0 Å². The molecule has 0 aliphatic heterocycles. The lowest BCUT2D eigenvalue weighted by atomic mass is 10.2. The largest absolute Gasteiger partial charge is 0.488 e. The van der Waals surface area contributed by atoms with Gasteiger partial charge in [-0.05, 0) is 36.4 Å². The van der Waals surface area contributed by atoms with Gasteiger partial charge in [0.2, 0.25) is 0 Å². The third-order valence-electron chi connectivity index (χ3n) is 2.58. The summed E-state index contributed by atoms with van der Waals surface area (Å²) in [7, 11) is 0. The first-order valence-electron chi connectivity index (χ1n) is 5.56. The summed E-state index contributed by atoms with van der Waals surface area (Å²) in [4.78, 5) is 0. The van der Waals surface area contributed by atoms with Gasteiger partial charge in [-0.1, -0.05) is 39.1 Å². The minimum Gasteiger partial charge on any atom is -0.488 e. The second kappa shape index (κ2) is 6.62. The van der Waals surface area contributed by atoms with Gasteiger partial charge in [-0.15, -0.1) is 0 Å². The third kappa shape index (κ3) is 3.86. The van der Waals surface area contributed by atoms with E-state index in [1.165, 1.54) is 0 Å². The molecule has 0 atom stereocenters. The van der Waals surface area contributed by atoms with Crippen LogP contribution in [0.5, 0.6) is 5.75 Å². The van der Waals surface area contributed by atoms with E-state index < -0.39 is 0 Å². The van der Waals surface area contributed by atoms with E-state index in [1.807, 2.05) is 12.1 Å². The highest BCUT2D eigenvalue weighted by Gasteiger charge is 2.06. The maximum atomic E-state index is 9.29. The Kier molecular flexibility index (Phi) is 5.11. The first-order valence-corrected chi connectivity index (χ1v) is 7.11. The molecule has 0 saturated carbocycles. The SMILES string of the molecule is OCc1cc(Br)ccc1OCc1cc(Cl)ccc1Cl. The summed E-state index contributed by atoms with van der Waals surface area (Å²) in [5.74, 6) is 0.627. The van der Waals surface area contributed by atoms with Gasteiger partial charge in [0.1, 0.15) is 12.4 Å². The predicted molar refractivity (Wildman–Crippen MR) is 80.9 cm³/mol. The Hall–Kier alpha value is -0.740. The zero-order chi connectivity index (χ0) is 13.8. The van der Waals surface area contributed by atoms with Crippen LogP contribution in [0.1, 0.15) is 11.1 Å². The van der Waals surface area contributed by atoms with Crippen LogP contribution in [0.2, 0.25) is 10.0 Å². The summed E-state index contributed by atoms with van der Waals surface area (Å²) in [6.45, 7) is 0.214. The van der Waals surface area contributed by atoms with Crippen LogP contribution in [0, 0.1) is 0 Å². The van der Waals surface area contributed by atoms with Crippen LogP contribution in [0.25, 0.3) is 0 Å². The number of aliphatic hydroxyl groups excluding tert-OH is 1. The van der Waals surface area contributed by atoms with E-state index in [1.54, 1.807) is 24.3 Å². The van der Waals surface area contributed by atoms with Crippen LogP contribution >= 0.6 is 39.1 Å². The van der Waals surface area contributed by atoms with Crippen molar-refractivity contribution in [3.63, 3.8) is 0 Å². The lowest BCUT2D eigenvalue weighted by Gasteiger charge is -2.11. The molecule has 2 aromatic carbocycles. The van der Waals surface area contributed by atoms with Crippen molar-refractivity contribution in [2.24, 2.45) is 0 Å². The van der Waals surface area contributed by atoms with Gasteiger partial charge in [0, 0.05) is 25.6 Å². The Morgan fingerprint density at radius 2 is 1.84 bits per heavy atom. The number of hydrogen-bond acceptors (Lipinski definition) is 2. The summed E-state index contributed by atoms with van der Waals surface area (Å²) in [5, 5.41) is 10.5. The number of benzene rings is 2. The molecule has 0 saturated heterocycles. The molecule has 19 heavy (non-hydrogen) atoms. The van der Waals surface area contributed by atoms with Gasteiger partial charge in [-0.3, -0.25) is 0 Å². The summed E-state index contributed by atoms with van der Waals surface area (Å²) < 4.78 is 6.57. The van der Waals surface area contributed by atoms with Crippen LogP contribution in [-0.4, -0.2) is 5.11 Å². The normalized spacial score (nSPS) is 10.5. The average molecular weight is 362 g/mol. The maximum absolute atomic E-state index is 9.29. The number of rotatable bonds is 4. The molecule has 2 aromatic rings. The van der Waals surface area contributed by atoms with Gasteiger partial charge in [0.25, 0.3) is 0 Å². The van der Waals surface area contributed by atoms with Crippen LogP contribution in [0.4, 0.5) is 0 Å². The van der Waals surface area contributed by atoms with Gasteiger partial charge in [0.05, 0.1) is 6.61 Å². The zero-order valence-electron chi connectivity index (χ0n) is 9.87. The molecular formula is C14H11BrCl2O2. The molecule has 2 rings (SSSR count). The summed E-state index contributed by atoms with van der Waals surface area (Å²) in [6.07, 6.45) is 0. The molecular weight excluding hydrogens is 351 g/mol. The molecule has 1 N–H and O–H groups in total. The predicted octanol–water partition coefficient (Wildman–Crippen LogP) is 4.83. The van der Waals surface area contributed by atoms with Crippen LogP contribution in [0.3, 0.4) is 0 Å². The highest BCUT2D eigenvalue weighted by atomic mass is 79.9. The van der Waals surface area contributed by atoms with Crippen molar-refractivity contribution in [3.8, 4) is 5.75 Å². The molecule has 5 heteroatoms. The molecule has 0 aliphatic carbocycles. The second-order valence-corrected chi connectivity index (χ2v) is 5.69. The van der Waals surface area contributed by atoms with Crippen LogP contribution < -0.4 is 4.74 Å². The fraction of sp³-hybridized carbons (Fsp3) is 0.143. The fourth-order valence-corrected chi connectivity index (χ4v) is 2.40. The number of ether oxygens (including phenoxy) is 1. The quantitative estimate of drug-likeness (QED) is 0.845. The summed E-state index contributed by atoms with van der Waals surface area (Å²) in [5.41, 5.74) is 1.52. The van der Waals surface area contributed by atoms with Crippen molar-refractivity contribution in [3.05, 3.63) is 62.0 Å². The Balaban J connectivity index is 2.16. The van der Waals surface area contributed by atoms with Crippen molar-refractivity contribution < 1.29 is 9.84 Å². The summed E-state index contributed by atoms with van der Waals surface area (Å²) >= 11 is 15.3. The van der Waals surface area contributed by atoms with Gasteiger partial charge < -0.3 is 9.84 Å². The van der Waals surface area contributed by atoms with E-state index in [-0.39, 0.29) is 6.61 Å². The Bertz CT molecular complexity index is 588. The number of hydrogen-bond donors (Lipinski definition) is 1. The first-order chi connectivity index (χ1) is 9.10. The van der Waals surface area contributed by atoms with Crippen molar-refractivity contribution in [1.29, 1.82) is 0 Å². The molecule has 0 spiro atoms. The molecule has 0 amide bonds. The average Bonchev–Trinajstić information content (AvgIpc) is 2.40. The van der Waals surface area contributed by atoms with Crippen molar-refractivity contribution in [2.45, 2.75) is 13.2 Å². The van der Waals surface area contributed by atoms with E-state index in [0.717, 1.165) is 10.0 Å². The lowest BCUT2D eigenvalue weighted by molar-refractivity contribution is 0.259. The van der Waals surface area contributed by atoms with E-state index in [0.29, 0.717) is 28.0 Å². The smallest absolute Gasteiger partial charge is 0.125 e. The first kappa shape index (κ1) is 14.7. The summed E-state index contributed by atoms with van der Waals surface area (Å²) in [6, 6.07) is 10.7. The number of aliphatic hydroxyl groups is 1. The zero-order valence-corrected chi connectivity index (χ0v) is 13.0. The standard InChI is InChI=1S/C14H11BrCl2O2/c15-11-1-4-14(9(5-11)7-18)19-8-10-6-12(16)2-3-13(10)17/h1-6,18H,7-8H2.